The molecule has 36 heavy (non-hydrogen) atoms. The molecule has 0 radical (unpaired) electrons. The van der Waals surface area contributed by atoms with E-state index in [0.717, 1.165) is 41.6 Å². The number of nitrogens with zero attached hydrogens (tertiary/aromatic N) is 1. The molecule has 2 aromatic carbocycles. The van der Waals surface area contributed by atoms with Crippen LogP contribution in [0.2, 0.25) is 0 Å². The van der Waals surface area contributed by atoms with Gasteiger partial charge in [0, 0.05) is 30.5 Å². The molecule has 0 saturated heterocycles. The Labute approximate surface area is 213 Å². The van der Waals surface area contributed by atoms with Crippen LogP contribution in [0.25, 0.3) is 0 Å². The van der Waals surface area contributed by atoms with E-state index in [0.29, 0.717) is 19.5 Å². The fraction of sp³-hybridized carbons (Fsp3) is 0.429. The normalized spacial score (nSPS) is 13.9. The summed E-state index contributed by atoms with van der Waals surface area (Å²) >= 11 is 0. The van der Waals surface area contributed by atoms with E-state index in [1.807, 2.05) is 48.5 Å². The van der Waals surface area contributed by atoms with E-state index in [1.165, 1.54) is 0 Å². The molecule has 1 aliphatic rings. The number of anilines is 1. The van der Waals surface area contributed by atoms with E-state index in [4.69, 9.17) is 4.52 Å². The number of nitrogens with one attached hydrogen (secondary N) is 1. The standard InChI is InChI=1S/C28H35N2O5P/c1-22(2)36(33,34)35-20-10-4-3-9-19-29-27(31)17-18-28(32)30-21-25-13-6-5-11-23(25)15-16-24-12-7-8-14-26(24)30/h5-8,11-14,22H,3-4,9-10,17-21H2,1-2H3,(H,29,31)(H,33,34). The van der Waals surface area contributed by atoms with Crippen LogP contribution in [0, 0.1) is 11.8 Å². The lowest BCUT2D eigenvalue weighted by molar-refractivity contribution is -0.125. The third kappa shape index (κ3) is 8.06. The lowest BCUT2D eigenvalue weighted by Crippen LogP contribution is -2.33. The number of carbonyl (C=O) groups is 2. The summed E-state index contributed by atoms with van der Waals surface area (Å²) in [4.78, 5) is 36.9. The van der Waals surface area contributed by atoms with Crippen molar-refractivity contribution in [3.05, 3.63) is 65.2 Å². The summed E-state index contributed by atoms with van der Waals surface area (Å²) in [5.74, 6) is 6.12. The lowest BCUT2D eigenvalue weighted by Gasteiger charge is -2.26. The first kappa shape index (κ1) is 27.7. The maximum atomic E-state index is 13.2. The average molecular weight is 511 g/mol. The van der Waals surface area contributed by atoms with Crippen molar-refractivity contribution in [2.45, 2.75) is 64.6 Å². The SMILES string of the molecule is CC(C)P(=O)(O)OCCCCCCNC(=O)CCC(=O)N1Cc2ccccc2C#Cc2ccccc21. The first-order valence-electron chi connectivity index (χ1n) is 12.5. The molecule has 1 aliphatic heterocycles. The third-order valence-corrected chi connectivity index (χ3v) is 7.92. The van der Waals surface area contributed by atoms with Crippen LogP contribution in [0.5, 0.6) is 0 Å². The molecular formula is C28H35N2O5P. The number of fused-ring (bicyclic) bond motifs is 2. The van der Waals surface area contributed by atoms with Gasteiger partial charge in [-0.1, -0.05) is 68.9 Å². The topological polar surface area (TPSA) is 95.9 Å². The smallest absolute Gasteiger partial charge is 0.330 e. The van der Waals surface area contributed by atoms with Crippen LogP contribution in [0.1, 0.15) is 69.1 Å². The molecule has 2 amide bonds. The van der Waals surface area contributed by atoms with Gasteiger partial charge in [0.15, 0.2) is 0 Å². The van der Waals surface area contributed by atoms with E-state index in [2.05, 4.69) is 17.2 Å². The van der Waals surface area contributed by atoms with E-state index in [-0.39, 0.29) is 31.3 Å². The average Bonchev–Trinajstić information content (AvgIpc) is 2.85. The van der Waals surface area contributed by atoms with Crippen LogP contribution >= 0.6 is 7.60 Å². The second-order valence-electron chi connectivity index (χ2n) is 9.16. The van der Waals surface area contributed by atoms with Crippen molar-refractivity contribution in [2.24, 2.45) is 0 Å². The van der Waals surface area contributed by atoms with Gasteiger partial charge in [0.25, 0.3) is 0 Å². The molecule has 0 saturated carbocycles. The number of para-hydroxylation sites is 1. The van der Waals surface area contributed by atoms with Gasteiger partial charge in [0.1, 0.15) is 0 Å². The predicted molar refractivity (Wildman–Crippen MR) is 142 cm³/mol. The Morgan fingerprint density at radius 3 is 2.44 bits per heavy atom. The molecule has 0 aromatic heterocycles. The Morgan fingerprint density at radius 2 is 1.67 bits per heavy atom. The third-order valence-electron chi connectivity index (χ3n) is 6.06. The van der Waals surface area contributed by atoms with Gasteiger partial charge < -0.3 is 19.6 Å². The van der Waals surface area contributed by atoms with Crippen LogP contribution in [0.3, 0.4) is 0 Å². The maximum Gasteiger partial charge on any atom is 0.330 e. The van der Waals surface area contributed by atoms with Crippen molar-refractivity contribution in [3.63, 3.8) is 0 Å². The molecule has 0 spiro atoms. The summed E-state index contributed by atoms with van der Waals surface area (Å²) in [5, 5.41) is 2.88. The summed E-state index contributed by atoms with van der Waals surface area (Å²) in [6.07, 6.45) is 3.47. The van der Waals surface area contributed by atoms with Crippen molar-refractivity contribution < 1.29 is 23.6 Å². The van der Waals surface area contributed by atoms with E-state index in [1.54, 1.807) is 18.7 Å². The van der Waals surface area contributed by atoms with Gasteiger partial charge in [-0.05, 0) is 36.6 Å². The molecule has 1 unspecified atom stereocenters. The highest BCUT2D eigenvalue weighted by molar-refractivity contribution is 7.53. The first-order chi connectivity index (χ1) is 17.3. The summed E-state index contributed by atoms with van der Waals surface area (Å²) in [7, 11) is -3.50. The predicted octanol–water partition coefficient (Wildman–Crippen LogP) is 5.00. The highest BCUT2D eigenvalue weighted by Gasteiger charge is 2.24. The van der Waals surface area contributed by atoms with Crippen molar-refractivity contribution >= 4 is 25.1 Å². The van der Waals surface area contributed by atoms with Crippen LogP contribution in [-0.2, 0) is 25.2 Å². The molecular weight excluding hydrogens is 475 g/mol. The summed E-state index contributed by atoms with van der Waals surface area (Å²) in [6.45, 7) is 4.54. The van der Waals surface area contributed by atoms with Gasteiger partial charge in [-0.2, -0.15) is 0 Å². The molecule has 8 heteroatoms. The minimum atomic E-state index is -3.50. The zero-order chi connectivity index (χ0) is 26.0. The number of benzene rings is 2. The first-order valence-corrected chi connectivity index (χ1v) is 14.2. The van der Waals surface area contributed by atoms with E-state index < -0.39 is 13.3 Å². The summed E-state index contributed by atoms with van der Waals surface area (Å²) in [5.41, 5.74) is 3.04. The quantitative estimate of drug-likeness (QED) is 0.238. The number of amides is 2. The largest absolute Gasteiger partial charge is 0.356 e. The maximum absolute atomic E-state index is 13.2. The second kappa shape index (κ2) is 13.4. The Kier molecular flexibility index (Phi) is 10.3. The van der Waals surface area contributed by atoms with Gasteiger partial charge in [0.2, 0.25) is 11.8 Å². The van der Waals surface area contributed by atoms with Crippen LogP contribution in [-0.4, -0.2) is 35.5 Å². The number of unbranched alkanes of at least 4 members (excludes halogenated alkanes) is 3. The molecule has 7 nitrogen and oxygen atoms in total. The van der Waals surface area contributed by atoms with Gasteiger partial charge in [-0.3, -0.25) is 14.2 Å². The molecule has 1 atom stereocenters. The van der Waals surface area contributed by atoms with Crippen LogP contribution in [0.4, 0.5) is 5.69 Å². The highest BCUT2D eigenvalue weighted by Crippen LogP contribution is 2.47. The van der Waals surface area contributed by atoms with Gasteiger partial charge in [0.05, 0.1) is 24.5 Å². The zero-order valence-corrected chi connectivity index (χ0v) is 21.9. The van der Waals surface area contributed by atoms with Crippen molar-refractivity contribution in [3.8, 4) is 11.8 Å². The van der Waals surface area contributed by atoms with Gasteiger partial charge in [-0.15, -0.1) is 0 Å². The fourth-order valence-corrected chi connectivity index (χ4v) is 4.49. The summed E-state index contributed by atoms with van der Waals surface area (Å²) < 4.78 is 16.8. The molecule has 0 aliphatic carbocycles. The number of rotatable bonds is 12. The summed E-state index contributed by atoms with van der Waals surface area (Å²) in [6, 6.07) is 15.4. The lowest BCUT2D eigenvalue weighted by atomic mass is 10.0. The Bertz CT molecular complexity index is 1170. The second-order valence-corrected chi connectivity index (χ2v) is 11.6. The molecule has 1 heterocycles. The fourth-order valence-electron chi connectivity index (χ4n) is 3.80. The Morgan fingerprint density at radius 1 is 1.00 bits per heavy atom. The number of hydrogen-bond donors (Lipinski definition) is 2. The van der Waals surface area contributed by atoms with Gasteiger partial charge in [-0.25, -0.2) is 0 Å². The van der Waals surface area contributed by atoms with Crippen molar-refractivity contribution in [1.29, 1.82) is 0 Å². The van der Waals surface area contributed by atoms with E-state index >= 15 is 0 Å². The monoisotopic (exact) mass is 510 g/mol. The number of carbonyl (C=O) groups excluding carboxylic acids is 2. The minimum Gasteiger partial charge on any atom is -0.356 e. The van der Waals surface area contributed by atoms with Gasteiger partial charge >= 0.3 is 7.60 Å². The molecule has 0 bridgehead atoms. The van der Waals surface area contributed by atoms with Crippen LogP contribution < -0.4 is 10.2 Å². The molecule has 192 valence electrons. The van der Waals surface area contributed by atoms with Crippen molar-refractivity contribution in [2.75, 3.05) is 18.1 Å². The van der Waals surface area contributed by atoms with Crippen LogP contribution in [0.15, 0.2) is 48.5 Å². The minimum absolute atomic E-state index is 0.112. The van der Waals surface area contributed by atoms with E-state index in [9.17, 15) is 19.0 Å². The number of hydrogen-bond acceptors (Lipinski definition) is 4. The molecule has 2 N–H and O–H groups in total. The Hall–Kier alpha value is -2.91. The Balaban J connectivity index is 1.42. The molecule has 0 fully saturated rings. The zero-order valence-electron chi connectivity index (χ0n) is 21.0. The highest BCUT2D eigenvalue weighted by atomic mass is 31.2. The van der Waals surface area contributed by atoms with Crippen molar-refractivity contribution in [1.82, 2.24) is 5.32 Å². The molecule has 3 rings (SSSR count). The molecule has 2 aromatic rings.